The lowest BCUT2D eigenvalue weighted by Crippen LogP contribution is -2.43. The van der Waals surface area contributed by atoms with Crippen molar-refractivity contribution in [3.63, 3.8) is 0 Å². The van der Waals surface area contributed by atoms with Crippen LogP contribution in [0.15, 0.2) is 0 Å². The average Bonchev–Trinajstić information content (AvgIpc) is 2.39. The second-order valence-corrected chi connectivity index (χ2v) is 4.67. The van der Waals surface area contributed by atoms with E-state index in [-0.39, 0.29) is 6.42 Å². The molecule has 108 valence electrons. The van der Waals surface area contributed by atoms with Crippen LogP contribution in [0, 0.1) is 0 Å². The molecule has 0 rings (SSSR count). The molecule has 18 heavy (non-hydrogen) atoms. The third kappa shape index (κ3) is 7.06. The van der Waals surface area contributed by atoms with Crippen molar-refractivity contribution < 1.29 is 25.2 Å². The van der Waals surface area contributed by atoms with E-state index in [4.69, 9.17) is 10.2 Å². The standard InChI is InChI=1S/C13H26O5/c1-2-3-4-5-6-7-8-10(15)12(17)13(18)11(16)9-14/h11-14,16-18H,2-9H2,1H3/t11-,12+,13+/m1/s1. The molecule has 0 aliphatic rings. The zero-order valence-corrected chi connectivity index (χ0v) is 11.1. The molecule has 0 aromatic rings. The lowest BCUT2D eigenvalue weighted by molar-refractivity contribution is -0.140. The molecule has 0 bridgehead atoms. The maximum atomic E-state index is 11.5. The van der Waals surface area contributed by atoms with Gasteiger partial charge in [0.1, 0.15) is 18.3 Å². The summed E-state index contributed by atoms with van der Waals surface area (Å²) in [5.74, 6) is -0.481. The Morgan fingerprint density at radius 1 is 1.00 bits per heavy atom. The van der Waals surface area contributed by atoms with Crippen LogP contribution in [0.1, 0.15) is 51.9 Å². The lowest BCUT2D eigenvalue weighted by Gasteiger charge is -2.20. The largest absolute Gasteiger partial charge is 0.394 e. The molecule has 0 aliphatic heterocycles. The van der Waals surface area contributed by atoms with Crippen LogP contribution in [0.2, 0.25) is 0 Å². The zero-order valence-electron chi connectivity index (χ0n) is 11.1. The highest BCUT2D eigenvalue weighted by atomic mass is 16.4. The minimum atomic E-state index is -1.61. The van der Waals surface area contributed by atoms with E-state index >= 15 is 0 Å². The van der Waals surface area contributed by atoms with Crippen LogP contribution in [0.5, 0.6) is 0 Å². The van der Waals surface area contributed by atoms with Gasteiger partial charge in [-0.3, -0.25) is 4.79 Å². The molecule has 4 N–H and O–H groups in total. The Morgan fingerprint density at radius 3 is 2.11 bits per heavy atom. The summed E-state index contributed by atoms with van der Waals surface area (Å²) in [6.45, 7) is 1.45. The molecule has 0 fully saturated rings. The van der Waals surface area contributed by atoms with Crippen molar-refractivity contribution in [3.8, 4) is 0 Å². The summed E-state index contributed by atoms with van der Waals surface area (Å²) in [5, 5.41) is 36.5. The van der Waals surface area contributed by atoms with Crippen LogP contribution in [0.3, 0.4) is 0 Å². The van der Waals surface area contributed by atoms with E-state index in [9.17, 15) is 15.0 Å². The Hall–Kier alpha value is -0.490. The molecule has 0 unspecified atom stereocenters. The van der Waals surface area contributed by atoms with Gasteiger partial charge in [0.25, 0.3) is 0 Å². The third-order valence-electron chi connectivity index (χ3n) is 3.01. The first kappa shape index (κ1) is 17.5. The van der Waals surface area contributed by atoms with Gasteiger partial charge >= 0.3 is 0 Å². The summed E-state index contributed by atoms with van der Waals surface area (Å²) in [7, 11) is 0. The molecular formula is C13H26O5. The SMILES string of the molecule is CCCCCCCCC(=O)[C@H](O)[C@@H](O)[C@H](O)CO. The third-order valence-corrected chi connectivity index (χ3v) is 3.01. The number of carbonyl (C=O) groups excluding carboxylic acids is 1. The van der Waals surface area contributed by atoms with Crippen molar-refractivity contribution in [2.24, 2.45) is 0 Å². The lowest BCUT2D eigenvalue weighted by atomic mass is 10.00. The van der Waals surface area contributed by atoms with Crippen molar-refractivity contribution in [2.45, 2.75) is 70.2 Å². The molecule has 0 saturated carbocycles. The van der Waals surface area contributed by atoms with E-state index in [0.717, 1.165) is 19.3 Å². The summed E-state index contributed by atoms with van der Waals surface area (Å²) < 4.78 is 0. The zero-order chi connectivity index (χ0) is 14.0. The highest BCUT2D eigenvalue weighted by Crippen LogP contribution is 2.10. The normalized spacial score (nSPS) is 16.3. The van der Waals surface area contributed by atoms with Gasteiger partial charge in [-0.05, 0) is 6.42 Å². The quantitative estimate of drug-likeness (QED) is 0.404. The summed E-state index contributed by atoms with van der Waals surface area (Å²) in [6, 6.07) is 0. The molecular weight excluding hydrogens is 236 g/mol. The maximum absolute atomic E-state index is 11.5. The van der Waals surface area contributed by atoms with Crippen molar-refractivity contribution in [1.82, 2.24) is 0 Å². The number of hydrogen-bond acceptors (Lipinski definition) is 5. The fourth-order valence-corrected chi connectivity index (χ4v) is 1.74. The minimum absolute atomic E-state index is 0.197. The van der Waals surface area contributed by atoms with Crippen LogP contribution < -0.4 is 0 Å². The first-order valence-corrected chi connectivity index (χ1v) is 6.72. The fourth-order valence-electron chi connectivity index (χ4n) is 1.74. The number of carbonyl (C=O) groups is 1. The predicted molar refractivity (Wildman–Crippen MR) is 68.1 cm³/mol. The number of aliphatic hydroxyl groups excluding tert-OH is 4. The highest BCUT2D eigenvalue weighted by molar-refractivity contribution is 5.83. The molecule has 0 aromatic heterocycles. The van der Waals surface area contributed by atoms with Crippen molar-refractivity contribution in [3.05, 3.63) is 0 Å². The van der Waals surface area contributed by atoms with Crippen molar-refractivity contribution in [2.75, 3.05) is 6.61 Å². The van der Waals surface area contributed by atoms with Gasteiger partial charge in [0, 0.05) is 6.42 Å². The molecule has 0 amide bonds. The number of hydrogen-bond donors (Lipinski definition) is 4. The van der Waals surface area contributed by atoms with Crippen molar-refractivity contribution in [1.29, 1.82) is 0 Å². The van der Waals surface area contributed by atoms with Crippen LogP contribution in [-0.2, 0) is 4.79 Å². The van der Waals surface area contributed by atoms with E-state index in [1.807, 2.05) is 0 Å². The molecule has 5 heteroatoms. The molecule has 0 aromatic carbocycles. The van der Waals surface area contributed by atoms with Gasteiger partial charge in [-0.1, -0.05) is 39.0 Å². The molecule has 0 aliphatic carbocycles. The van der Waals surface area contributed by atoms with Crippen LogP contribution in [-0.4, -0.2) is 51.1 Å². The number of unbranched alkanes of at least 4 members (excludes halogenated alkanes) is 5. The highest BCUT2D eigenvalue weighted by Gasteiger charge is 2.29. The van der Waals surface area contributed by atoms with Gasteiger partial charge < -0.3 is 20.4 Å². The number of Topliss-reactive ketones (excluding diaryl/α,β-unsaturated/α-hetero) is 1. The Labute approximate surface area is 108 Å². The van der Waals surface area contributed by atoms with E-state index in [1.165, 1.54) is 12.8 Å². The van der Waals surface area contributed by atoms with Gasteiger partial charge in [0.2, 0.25) is 0 Å². The maximum Gasteiger partial charge on any atom is 0.164 e. The van der Waals surface area contributed by atoms with E-state index in [0.29, 0.717) is 6.42 Å². The monoisotopic (exact) mass is 262 g/mol. The molecule has 3 atom stereocenters. The van der Waals surface area contributed by atoms with E-state index in [1.54, 1.807) is 0 Å². The molecule has 0 heterocycles. The number of rotatable bonds is 11. The van der Waals surface area contributed by atoms with Gasteiger partial charge in [-0.15, -0.1) is 0 Å². The fraction of sp³-hybridized carbons (Fsp3) is 0.923. The van der Waals surface area contributed by atoms with Crippen LogP contribution >= 0.6 is 0 Å². The van der Waals surface area contributed by atoms with Gasteiger partial charge in [0.15, 0.2) is 5.78 Å². The second kappa shape index (κ2) is 10.4. The summed E-state index contributed by atoms with van der Waals surface area (Å²) >= 11 is 0. The number of aliphatic hydroxyl groups is 4. The van der Waals surface area contributed by atoms with Crippen LogP contribution in [0.4, 0.5) is 0 Å². The van der Waals surface area contributed by atoms with Crippen LogP contribution in [0.25, 0.3) is 0 Å². The van der Waals surface area contributed by atoms with E-state index in [2.05, 4.69) is 6.92 Å². The second-order valence-electron chi connectivity index (χ2n) is 4.67. The minimum Gasteiger partial charge on any atom is -0.394 e. The Balaban J connectivity index is 3.74. The van der Waals surface area contributed by atoms with E-state index < -0.39 is 30.7 Å². The van der Waals surface area contributed by atoms with Crippen molar-refractivity contribution >= 4 is 5.78 Å². The molecule has 0 saturated heterocycles. The molecule has 0 radical (unpaired) electrons. The van der Waals surface area contributed by atoms with Gasteiger partial charge in [0.05, 0.1) is 6.61 Å². The first-order chi connectivity index (χ1) is 8.54. The molecule has 5 nitrogen and oxygen atoms in total. The average molecular weight is 262 g/mol. The Bertz CT molecular complexity index is 219. The predicted octanol–water partition coefficient (Wildman–Crippen LogP) is 0.381. The topological polar surface area (TPSA) is 98.0 Å². The Kier molecular flexibility index (Phi) is 10.2. The summed E-state index contributed by atoms with van der Waals surface area (Å²) in [6.07, 6.45) is 1.69. The number of ketones is 1. The summed E-state index contributed by atoms with van der Waals surface area (Å²) in [5.41, 5.74) is 0. The van der Waals surface area contributed by atoms with Gasteiger partial charge in [-0.25, -0.2) is 0 Å². The van der Waals surface area contributed by atoms with Gasteiger partial charge in [-0.2, -0.15) is 0 Å². The molecule has 0 spiro atoms. The first-order valence-electron chi connectivity index (χ1n) is 6.72. The summed E-state index contributed by atoms with van der Waals surface area (Å²) in [4.78, 5) is 11.5. The smallest absolute Gasteiger partial charge is 0.164 e. The Morgan fingerprint density at radius 2 is 1.56 bits per heavy atom.